The zero-order chi connectivity index (χ0) is 24.7. The van der Waals surface area contributed by atoms with Gasteiger partial charge in [-0.1, -0.05) is 24.3 Å². The van der Waals surface area contributed by atoms with Crippen molar-refractivity contribution in [1.82, 2.24) is 5.43 Å². The molecule has 0 aliphatic rings. The Kier molecular flexibility index (Phi) is 8.27. The lowest BCUT2D eigenvalue weighted by Crippen LogP contribution is -2.18. The summed E-state index contributed by atoms with van der Waals surface area (Å²) in [5.41, 5.74) is 1.97. The SMILES string of the molecule is CCOc1cc(/C=N\NC(=O)c2cccc(C(F)(F)F)c2)c(Br)cc1OCc1ccccc1F. The third-order valence-electron chi connectivity index (χ3n) is 4.53. The standard InChI is InChI=1S/C24H19BrF4N2O3/c1-2-33-21-11-17(19(25)12-22(21)34-14-16-6-3-4-9-20(16)26)13-30-31-23(32)15-7-5-8-18(10-15)24(27,28)29/h3-13H,2,14H2,1H3,(H,31,32)/b30-13-. The third-order valence-corrected chi connectivity index (χ3v) is 5.21. The molecule has 0 aliphatic heterocycles. The Labute approximate surface area is 201 Å². The Bertz CT molecular complexity index is 1200. The van der Waals surface area contributed by atoms with Crippen molar-refractivity contribution in [2.24, 2.45) is 5.10 Å². The molecule has 0 heterocycles. The topological polar surface area (TPSA) is 59.9 Å². The average Bonchev–Trinajstić information content (AvgIpc) is 2.80. The van der Waals surface area contributed by atoms with Gasteiger partial charge in [0.2, 0.25) is 0 Å². The number of nitrogens with one attached hydrogen (secondary N) is 1. The van der Waals surface area contributed by atoms with E-state index in [0.29, 0.717) is 33.7 Å². The van der Waals surface area contributed by atoms with E-state index in [0.717, 1.165) is 18.2 Å². The van der Waals surface area contributed by atoms with E-state index in [2.05, 4.69) is 26.5 Å². The minimum Gasteiger partial charge on any atom is -0.490 e. The number of nitrogens with zero attached hydrogens (tertiary/aromatic N) is 1. The summed E-state index contributed by atoms with van der Waals surface area (Å²) in [5.74, 6) is -0.456. The lowest BCUT2D eigenvalue weighted by molar-refractivity contribution is -0.137. The molecular weight excluding hydrogens is 520 g/mol. The normalized spacial score (nSPS) is 11.5. The summed E-state index contributed by atoms with van der Waals surface area (Å²) in [4.78, 5) is 12.2. The van der Waals surface area contributed by atoms with Gasteiger partial charge >= 0.3 is 6.18 Å². The van der Waals surface area contributed by atoms with Crippen LogP contribution in [0.15, 0.2) is 70.2 Å². The predicted molar refractivity (Wildman–Crippen MR) is 123 cm³/mol. The summed E-state index contributed by atoms with van der Waals surface area (Å²) in [6.45, 7) is 2.10. The van der Waals surface area contributed by atoms with E-state index in [1.165, 1.54) is 18.3 Å². The fourth-order valence-electron chi connectivity index (χ4n) is 2.86. The fraction of sp³-hybridized carbons (Fsp3) is 0.167. The highest BCUT2D eigenvalue weighted by Gasteiger charge is 2.30. The number of hydrogen-bond acceptors (Lipinski definition) is 4. The first-order valence-electron chi connectivity index (χ1n) is 10.0. The van der Waals surface area contributed by atoms with E-state index in [1.807, 2.05) is 0 Å². The molecular formula is C24H19BrF4N2O3. The molecule has 34 heavy (non-hydrogen) atoms. The first kappa shape index (κ1) is 25.2. The summed E-state index contributed by atoms with van der Waals surface area (Å²) in [5, 5.41) is 3.82. The molecule has 0 spiro atoms. The minimum atomic E-state index is -4.56. The van der Waals surface area contributed by atoms with E-state index in [4.69, 9.17) is 9.47 Å². The van der Waals surface area contributed by atoms with Crippen molar-refractivity contribution in [2.45, 2.75) is 19.7 Å². The maximum atomic E-state index is 13.9. The molecule has 10 heteroatoms. The number of amides is 1. The van der Waals surface area contributed by atoms with E-state index >= 15 is 0 Å². The van der Waals surface area contributed by atoms with Crippen LogP contribution in [0.25, 0.3) is 0 Å². The van der Waals surface area contributed by atoms with Crippen LogP contribution < -0.4 is 14.9 Å². The molecule has 0 radical (unpaired) electrons. The summed E-state index contributed by atoms with van der Waals surface area (Å²) in [6, 6.07) is 13.5. The molecule has 3 aromatic carbocycles. The van der Waals surface area contributed by atoms with Gasteiger partial charge in [0, 0.05) is 21.2 Å². The van der Waals surface area contributed by atoms with E-state index in [-0.39, 0.29) is 18.0 Å². The van der Waals surface area contributed by atoms with Crippen LogP contribution in [-0.2, 0) is 12.8 Å². The maximum Gasteiger partial charge on any atom is 0.416 e. The molecule has 3 rings (SSSR count). The van der Waals surface area contributed by atoms with Crippen LogP contribution in [-0.4, -0.2) is 18.7 Å². The van der Waals surface area contributed by atoms with Gasteiger partial charge in [-0.05, 0) is 59.3 Å². The Morgan fingerprint density at radius 1 is 1.06 bits per heavy atom. The molecule has 0 saturated carbocycles. The molecule has 0 aromatic heterocycles. The second kappa shape index (κ2) is 11.1. The van der Waals surface area contributed by atoms with Crippen LogP contribution in [0.5, 0.6) is 11.5 Å². The molecule has 1 N–H and O–H groups in total. The molecule has 0 unspecified atom stereocenters. The van der Waals surface area contributed by atoms with E-state index < -0.39 is 17.6 Å². The van der Waals surface area contributed by atoms with Gasteiger partial charge in [-0.15, -0.1) is 0 Å². The zero-order valence-corrected chi connectivity index (χ0v) is 19.4. The van der Waals surface area contributed by atoms with Crippen LogP contribution in [0, 0.1) is 5.82 Å². The van der Waals surface area contributed by atoms with Gasteiger partial charge < -0.3 is 9.47 Å². The molecule has 0 bridgehead atoms. The lowest BCUT2D eigenvalue weighted by Gasteiger charge is -2.14. The Morgan fingerprint density at radius 3 is 2.50 bits per heavy atom. The van der Waals surface area contributed by atoms with Gasteiger partial charge in [0.05, 0.1) is 18.4 Å². The summed E-state index contributed by atoms with van der Waals surface area (Å²) in [6.07, 6.45) is -3.26. The summed E-state index contributed by atoms with van der Waals surface area (Å²) in [7, 11) is 0. The van der Waals surface area contributed by atoms with Gasteiger partial charge in [-0.25, -0.2) is 9.82 Å². The van der Waals surface area contributed by atoms with Crippen LogP contribution in [0.4, 0.5) is 17.6 Å². The predicted octanol–water partition coefficient (Wildman–Crippen LogP) is 6.35. The largest absolute Gasteiger partial charge is 0.490 e. The number of hydrazone groups is 1. The maximum absolute atomic E-state index is 13.9. The highest BCUT2D eigenvalue weighted by Crippen LogP contribution is 2.34. The van der Waals surface area contributed by atoms with Crippen molar-refractivity contribution in [2.75, 3.05) is 6.61 Å². The minimum absolute atomic E-state index is 0.0142. The highest BCUT2D eigenvalue weighted by molar-refractivity contribution is 9.10. The number of halogens is 5. The van der Waals surface area contributed by atoms with Gasteiger partial charge in [0.1, 0.15) is 12.4 Å². The van der Waals surface area contributed by atoms with Crippen LogP contribution in [0.2, 0.25) is 0 Å². The average molecular weight is 539 g/mol. The van der Waals surface area contributed by atoms with Crippen LogP contribution >= 0.6 is 15.9 Å². The number of carbonyl (C=O) groups is 1. The Morgan fingerprint density at radius 2 is 1.79 bits per heavy atom. The molecule has 0 aliphatic carbocycles. The lowest BCUT2D eigenvalue weighted by atomic mass is 10.1. The smallest absolute Gasteiger partial charge is 0.416 e. The first-order chi connectivity index (χ1) is 16.2. The van der Waals surface area contributed by atoms with E-state index in [1.54, 1.807) is 37.3 Å². The molecule has 178 valence electrons. The number of hydrogen-bond donors (Lipinski definition) is 1. The number of rotatable bonds is 8. The van der Waals surface area contributed by atoms with Gasteiger partial charge in [0.15, 0.2) is 11.5 Å². The molecule has 1 amide bonds. The van der Waals surface area contributed by atoms with Crippen molar-refractivity contribution in [3.05, 3.63) is 93.2 Å². The number of alkyl halides is 3. The van der Waals surface area contributed by atoms with Crippen molar-refractivity contribution in [3.8, 4) is 11.5 Å². The van der Waals surface area contributed by atoms with Gasteiger partial charge in [-0.2, -0.15) is 18.3 Å². The van der Waals surface area contributed by atoms with Crippen molar-refractivity contribution >= 4 is 28.1 Å². The van der Waals surface area contributed by atoms with Crippen molar-refractivity contribution < 1.29 is 31.8 Å². The quantitative estimate of drug-likeness (QED) is 0.206. The Balaban J connectivity index is 1.73. The molecule has 0 saturated heterocycles. The summed E-state index contributed by atoms with van der Waals surface area (Å²) < 4.78 is 64.3. The fourth-order valence-corrected chi connectivity index (χ4v) is 3.29. The number of ether oxygens (including phenoxy) is 2. The molecule has 3 aromatic rings. The van der Waals surface area contributed by atoms with Crippen LogP contribution in [0.1, 0.15) is 34.0 Å². The third kappa shape index (κ3) is 6.57. The number of benzene rings is 3. The van der Waals surface area contributed by atoms with Crippen molar-refractivity contribution in [1.29, 1.82) is 0 Å². The number of carbonyl (C=O) groups excluding carboxylic acids is 1. The first-order valence-corrected chi connectivity index (χ1v) is 10.8. The monoisotopic (exact) mass is 538 g/mol. The van der Waals surface area contributed by atoms with Gasteiger partial charge in [-0.3, -0.25) is 4.79 Å². The molecule has 5 nitrogen and oxygen atoms in total. The van der Waals surface area contributed by atoms with Gasteiger partial charge in [0.25, 0.3) is 5.91 Å². The molecule has 0 fully saturated rings. The van der Waals surface area contributed by atoms with E-state index in [9.17, 15) is 22.4 Å². The second-order valence-electron chi connectivity index (χ2n) is 6.91. The zero-order valence-electron chi connectivity index (χ0n) is 17.8. The van der Waals surface area contributed by atoms with Crippen LogP contribution in [0.3, 0.4) is 0 Å². The summed E-state index contributed by atoms with van der Waals surface area (Å²) >= 11 is 3.38. The van der Waals surface area contributed by atoms with Crippen molar-refractivity contribution in [3.63, 3.8) is 0 Å². The molecule has 0 atom stereocenters. The second-order valence-corrected chi connectivity index (χ2v) is 7.77. The Hall–Kier alpha value is -3.40. The highest BCUT2D eigenvalue weighted by atomic mass is 79.9.